The maximum Gasteiger partial charge on any atom is 0.333 e. The lowest BCUT2D eigenvalue weighted by Crippen LogP contribution is -2.43. The van der Waals surface area contributed by atoms with Crippen molar-refractivity contribution >= 4 is 36.1 Å². The number of hydrogen-bond donors (Lipinski definition) is 1. The van der Waals surface area contributed by atoms with Gasteiger partial charge in [-0.15, -0.1) is 24.8 Å². The van der Waals surface area contributed by atoms with E-state index in [0.717, 1.165) is 43.1 Å². The maximum absolute atomic E-state index is 13.0. The van der Waals surface area contributed by atoms with E-state index in [-0.39, 0.29) is 24.8 Å². The molecule has 4 aromatic rings. The molecule has 0 unspecified atom stereocenters. The molecule has 33 heavy (non-hydrogen) atoms. The molecule has 0 saturated carbocycles. The van der Waals surface area contributed by atoms with E-state index in [1.54, 1.807) is 16.9 Å². The first-order valence-corrected chi connectivity index (χ1v) is 9.80. The second kappa shape index (κ2) is 10.1. The molecule has 1 aliphatic heterocycles. The molecule has 1 N–H and O–H groups in total. The van der Waals surface area contributed by atoms with Gasteiger partial charge in [0.25, 0.3) is 0 Å². The topological polar surface area (TPSA) is 87.1 Å². The number of alkyl halides is 2. The molecule has 0 atom stereocenters. The lowest BCUT2D eigenvalue weighted by Gasteiger charge is -2.28. The van der Waals surface area contributed by atoms with Gasteiger partial charge in [-0.05, 0) is 18.2 Å². The molecule has 5 rings (SSSR count). The third kappa shape index (κ3) is 4.61. The lowest BCUT2D eigenvalue weighted by atomic mass is 10.0. The number of nitriles is 1. The van der Waals surface area contributed by atoms with Gasteiger partial charge in [0.15, 0.2) is 0 Å². The third-order valence-electron chi connectivity index (χ3n) is 5.37. The number of piperazine rings is 1. The van der Waals surface area contributed by atoms with Crippen LogP contribution < -0.4 is 10.2 Å². The van der Waals surface area contributed by atoms with E-state index >= 15 is 0 Å². The highest BCUT2D eigenvalue weighted by Gasteiger charge is 2.17. The highest BCUT2D eigenvalue weighted by atomic mass is 35.5. The predicted molar refractivity (Wildman–Crippen MR) is 125 cm³/mol. The van der Waals surface area contributed by atoms with Crippen molar-refractivity contribution in [3.8, 4) is 28.3 Å². The van der Waals surface area contributed by atoms with Crippen LogP contribution in [-0.4, -0.2) is 50.6 Å². The van der Waals surface area contributed by atoms with Crippen LogP contribution in [0.5, 0.6) is 0 Å². The average molecular weight is 493 g/mol. The van der Waals surface area contributed by atoms with Crippen molar-refractivity contribution in [2.75, 3.05) is 31.1 Å². The molecule has 1 saturated heterocycles. The number of fused-ring (bicyclic) bond motifs is 1. The smallest absolute Gasteiger partial charge is 0.333 e. The highest BCUT2D eigenvalue weighted by Crippen LogP contribution is 2.32. The van der Waals surface area contributed by atoms with Crippen molar-refractivity contribution in [2.45, 2.75) is 6.55 Å². The van der Waals surface area contributed by atoms with Crippen LogP contribution in [0.3, 0.4) is 0 Å². The largest absolute Gasteiger partial charge is 0.354 e. The van der Waals surface area contributed by atoms with Gasteiger partial charge >= 0.3 is 6.55 Å². The molecule has 172 valence electrons. The number of pyridine rings is 2. The Hall–Kier alpha value is -3.26. The zero-order valence-electron chi connectivity index (χ0n) is 17.2. The first kappa shape index (κ1) is 24.4. The second-order valence-electron chi connectivity index (χ2n) is 7.23. The van der Waals surface area contributed by atoms with Crippen LogP contribution in [0.1, 0.15) is 12.1 Å². The van der Waals surface area contributed by atoms with Crippen molar-refractivity contribution < 1.29 is 8.78 Å². The zero-order valence-corrected chi connectivity index (χ0v) is 18.9. The fourth-order valence-electron chi connectivity index (χ4n) is 3.80. The van der Waals surface area contributed by atoms with Gasteiger partial charge in [0, 0.05) is 67.0 Å². The standard InChI is InChI=1S/C21H18F2N8.2ClH/c22-21(23)31-13-17(11-28-31)15-7-18(20-16(8-24)10-27-30(20)12-15)14-1-2-19(26-9-14)29-5-3-25-4-6-29;;/h1-2,7,9-13,21,25H,3-6H2;2*1H. The first-order valence-electron chi connectivity index (χ1n) is 9.80. The molecule has 8 nitrogen and oxygen atoms in total. The SMILES string of the molecule is Cl.Cl.N#Cc1cnn2cc(-c3cnn(C(F)F)c3)cc(-c3ccc(N4CCNCC4)nc3)c12. The molecule has 0 aromatic carbocycles. The fraction of sp³-hybridized carbons (Fsp3) is 0.238. The van der Waals surface area contributed by atoms with E-state index in [2.05, 4.69) is 31.5 Å². The van der Waals surface area contributed by atoms with Gasteiger partial charge < -0.3 is 10.2 Å². The van der Waals surface area contributed by atoms with Crippen LogP contribution >= 0.6 is 24.8 Å². The molecular formula is C21H20Cl2F2N8. The number of nitrogens with zero attached hydrogens (tertiary/aromatic N) is 7. The lowest BCUT2D eigenvalue weighted by molar-refractivity contribution is 0.0566. The summed E-state index contributed by atoms with van der Waals surface area (Å²) < 4.78 is 28.1. The summed E-state index contributed by atoms with van der Waals surface area (Å²) in [4.78, 5) is 6.84. The second-order valence-corrected chi connectivity index (χ2v) is 7.23. The van der Waals surface area contributed by atoms with E-state index in [0.29, 0.717) is 26.9 Å². The van der Waals surface area contributed by atoms with E-state index in [4.69, 9.17) is 0 Å². The van der Waals surface area contributed by atoms with Gasteiger partial charge in [-0.25, -0.2) is 14.2 Å². The summed E-state index contributed by atoms with van der Waals surface area (Å²) in [7, 11) is 0. The highest BCUT2D eigenvalue weighted by molar-refractivity contribution is 5.87. The molecule has 5 heterocycles. The Morgan fingerprint density at radius 1 is 0.970 bits per heavy atom. The van der Waals surface area contributed by atoms with Crippen molar-refractivity contribution in [1.29, 1.82) is 5.26 Å². The van der Waals surface area contributed by atoms with Crippen molar-refractivity contribution in [3.63, 3.8) is 0 Å². The van der Waals surface area contributed by atoms with Crippen molar-refractivity contribution in [2.24, 2.45) is 0 Å². The molecular weight excluding hydrogens is 473 g/mol. The van der Waals surface area contributed by atoms with E-state index in [1.807, 2.05) is 18.2 Å². The van der Waals surface area contributed by atoms with Crippen LogP contribution in [0.25, 0.3) is 27.8 Å². The van der Waals surface area contributed by atoms with E-state index < -0.39 is 6.55 Å². The molecule has 0 amide bonds. The molecule has 0 spiro atoms. The summed E-state index contributed by atoms with van der Waals surface area (Å²) in [6, 6.07) is 7.94. The summed E-state index contributed by atoms with van der Waals surface area (Å²) in [5.41, 5.74) is 3.82. The quantitative estimate of drug-likeness (QED) is 0.466. The summed E-state index contributed by atoms with van der Waals surface area (Å²) >= 11 is 0. The van der Waals surface area contributed by atoms with Crippen LogP contribution in [0.15, 0.2) is 49.2 Å². The number of anilines is 1. The normalized spacial score (nSPS) is 13.5. The van der Waals surface area contributed by atoms with Crippen LogP contribution in [0, 0.1) is 11.3 Å². The Balaban J connectivity index is 0.00000153. The minimum atomic E-state index is -2.71. The zero-order chi connectivity index (χ0) is 21.4. The van der Waals surface area contributed by atoms with E-state index in [9.17, 15) is 14.0 Å². The number of aromatic nitrogens is 5. The van der Waals surface area contributed by atoms with E-state index in [1.165, 1.54) is 18.6 Å². The summed E-state index contributed by atoms with van der Waals surface area (Å²) in [6.07, 6.45) is 7.64. The molecule has 0 aliphatic carbocycles. The molecule has 12 heteroatoms. The number of hydrogen-bond acceptors (Lipinski definition) is 6. The molecule has 4 aromatic heterocycles. The van der Waals surface area contributed by atoms with Crippen LogP contribution in [-0.2, 0) is 0 Å². The van der Waals surface area contributed by atoms with Crippen molar-refractivity contribution in [3.05, 3.63) is 54.7 Å². The Labute approximate surface area is 200 Å². The van der Waals surface area contributed by atoms with Crippen LogP contribution in [0.2, 0.25) is 0 Å². The van der Waals surface area contributed by atoms with Crippen molar-refractivity contribution in [1.82, 2.24) is 29.7 Å². The monoisotopic (exact) mass is 492 g/mol. The summed E-state index contributed by atoms with van der Waals surface area (Å²) in [5.74, 6) is 0.893. The van der Waals surface area contributed by atoms with Crippen LogP contribution in [0.4, 0.5) is 14.6 Å². The molecule has 0 bridgehead atoms. The minimum Gasteiger partial charge on any atom is -0.354 e. The average Bonchev–Trinajstić information content (AvgIpc) is 3.47. The van der Waals surface area contributed by atoms with Gasteiger partial charge in [-0.3, -0.25) is 0 Å². The Morgan fingerprint density at radius 3 is 2.39 bits per heavy atom. The summed E-state index contributed by atoms with van der Waals surface area (Å²) in [6.45, 7) is 0.899. The van der Waals surface area contributed by atoms with Gasteiger partial charge in [0.2, 0.25) is 0 Å². The van der Waals surface area contributed by atoms with Gasteiger partial charge in [-0.1, -0.05) is 0 Å². The Bertz CT molecular complexity index is 1270. The summed E-state index contributed by atoms with van der Waals surface area (Å²) in [5, 5.41) is 20.9. The third-order valence-corrected chi connectivity index (χ3v) is 5.37. The Kier molecular flexibility index (Phi) is 7.48. The maximum atomic E-state index is 13.0. The molecule has 0 radical (unpaired) electrons. The van der Waals surface area contributed by atoms with Gasteiger partial charge in [0.1, 0.15) is 11.9 Å². The molecule has 1 fully saturated rings. The molecule has 1 aliphatic rings. The predicted octanol–water partition coefficient (Wildman–Crippen LogP) is 3.78. The number of halogens is 4. The number of nitrogens with one attached hydrogen (secondary N) is 1. The minimum absolute atomic E-state index is 0. The number of rotatable bonds is 4. The van der Waals surface area contributed by atoms with Gasteiger partial charge in [0.05, 0.1) is 23.5 Å². The first-order chi connectivity index (χ1) is 15.1. The Morgan fingerprint density at radius 2 is 1.76 bits per heavy atom. The van der Waals surface area contributed by atoms with Gasteiger partial charge in [-0.2, -0.15) is 24.2 Å². The fourth-order valence-corrected chi connectivity index (χ4v) is 3.80.